The third-order valence-corrected chi connectivity index (χ3v) is 9.02. The third kappa shape index (κ3) is 5.77. The summed E-state index contributed by atoms with van der Waals surface area (Å²) in [5.74, 6) is -0.225. The fourth-order valence-corrected chi connectivity index (χ4v) is 7.24. The number of aryl methyl sites for hydroxylation is 1. The minimum atomic E-state index is -4.34. The number of benzene rings is 2. The van der Waals surface area contributed by atoms with Crippen LogP contribution in [0.1, 0.15) is 22.4 Å². The Kier molecular flexibility index (Phi) is 7.11. The molecule has 0 saturated heterocycles. The molecule has 1 atom stereocenters. The average molecular weight is 494 g/mol. The van der Waals surface area contributed by atoms with E-state index in [9.17, 15) is 18.0 Å². The van der Waals surface area contributed by atoms with Gasteiger partial charge in [0.1, 0.15) is 0 Å². The molecule has 1 aromatic heterocycles. The van der Waals surface area contributed by atoms with Crippen LogP contribution in [0, 0.1) is 6.92 Å². The topological polar surface area (TPSA) is 42.4 Å². The van der Waals surface area contributed by atoms with Gasteiger partial charge < -0.3 is 4.74 Å². The molecule has 0 spiro atoms. The van der Waals surface area contributed by atoms with Crippen molar-refractivity contribution in [3.8, 4) is 10.6 Å². The average Bonchev–Trinajstić information content (AvgIpc) is 3.17. The smallest absolute Gasteiger partial charge is 0.416 e. The van der Waals surface area contributed by atoms with Crippen LogP contribution < -0.4 is 0 Å². The van der Waals surface area contributed by atoms with Crippen molar-refractivity contribution in [2.24, 2.45) is 0 Å². The second-order valence-electron chi connectivity index (χ2n) is 7.91. The number of ether oxygens (including phenoxy) is 1. The van der Waals surface area contributed by atoms with Crippen LogP contribution in [0.3, 0.4) is 0 Å². The Bertz CT molecular complexity index is 1140. The lowest BCUT2D eigenvalue weighted by Gasteiger charge is -2.27. The molecule has 0 amide bonds. The highest BCUT2D eigenvalue weighted by Gasteiger charge is 2.31. The molecule has 0 aliphatic carbocycles. The van der Waals surface area contributed by atoms with E-state index in [0.717, 1.165) is 57.9 Å². The van der Waals surface area contributed by atoms with Crippen LogP contribution >= 0.6 is 22.2 Å². The van der Waals surface area contributed by atoms with Gasteiger partial charge in [0.25, 0.3) is 5.01 Å². The SMILES string of the molecule is COC(=O)CN1CCc2cc(SC[s+]3cc(C)nc3-c3ccc(C(F)(F)F)cc3)ccc2C1. The van der Waals surface area contributed by atoms with Gasteiger partial charge in [-0.1, -0.05) is 17.8 Å². The maximum atomic E-state index is 12.9. The van der Waals surface area contributed by atoms with E-state index in [-0.39, 0.29) is 16.4 Å². The first-order chi connectivity index (χ1) is 15.7. The highest BCUT2D eigenvalue weighted by molar-refractivity contribution is 8.01. The summed E-state index contributed by atoms with van der Waals surface area (Å²) >= 11 is 1.73. The number of methoxy groups -OCH3 is 1. The molecule has 3 aromatic rings. The van der Waals surface area contributed by atoms with Crippen molar-refractivity contribution in [2.45, 2.75) is 36.0 Å². The first-order valence-corrected chi connectivity index (χ1v) is 12.9. The van der Waals surface area contributed by atoms with Crippen molar-refractivity contribution in [3.05, 3.63) is 70.2 Å². The number of esters is 1. The molecule has 9 heteroatoms. The number of rotatable bonds is 6. The molecule has 2 aromatic carbocycles. The molecule has 0 radical (unpaired) electrons. The lowest BCUT2D eigenvalue weighted by molar-refractivity contribution is -0.142. The third-order valence-electron chi connectivity index (χ3n) is 5.50. The van der Waals surface area contributed by atoms with Gasteiger partial charge >= 0.3 is 12.1 Å². The van der Waals surface area contributed by atoms with Crippen LogP contribution in [0.15, 0.2) is 52.7 Å². The largest absolute Gasteiger partial charge is 0.468 e. The molecular formula is C24H24F3N2O2S2+. The van der Waals surface area contributed by atoms with Crippen molar-refractivity contribution < 1.29 is 22.7 Å². The number of halogens is 3. The van der Waals surface area contributed by atoms with Gasteiger partial charge in [-0.25, -0.2) is 0 Å². The minimum absolute atomic E-state index is 0.225. The monoisotopic (exact) mass is 493 g/mol. The van der Waals surface area contributed by atoms with Crippen LogP contribution in [0.25, 0.3) is 10.6 Å². The first-order valence-electron chi connectivity index (χ1n) is 10.4. The van der Waals surface area contributed by atoms with Gasteiger partial charge in [-0.3, -0.25) is 9.69 Å². The Hall–Kier alpha value is -2.36. The quantitative estimate of drug-likeness (QED) is 0.236. The van der Waals surface area contributed by atoms with Gasteiger partial charge in [0.2, 0.25) is 0 Å². The van der Waals surface area contributed by atoms with E-state index < -0.39 is 11.7 Å². The zero-order valence-electron chi connectivity index (χ0n) is 18.3. The van der Waals surface area contributed by atoms with Crippen LogP contribution in [-0.2, 0) is 33.8 Å². The van der Waals surface area contributed by atoms with Crippen LogP contribution in [0.2, 0.25) is 0 Å². The first kappa shape index (κ1) is 23.8. The van der Waals surface area contributed by atoms with Gasteiger partial charge in [0.15, 0.2) is 10.5 Å². The van der Waals surface area contributed by atoms with Crippen molar-refractivity contribution in [3.63, 3.8) is 0 Å². The van der Waals surface area contributed by atoms with Gasteiger partial charge in [0.05, 0.1) is 30.5 Å². The number of thiazole rings is 1. The number of thioether (sulfide) groups is 1. The summed E-state index contributed by atoms with van der Waals surface area (Å²) in [6, 6.07) is 11.7. The van der Waals surface area contributed by atoms with Crippen molar-refractivity contribution in [2.75, 3.05) is 20.2 Å². The predicted molar refractivity (Wildman–Crippen MR) is 125 cm³/mol. The number of alkyl halides is 3. The summed E-state index contributed by atoms with van der Waals surface area (Å²) in [6.45, 7) is 3.76. The lowest BCUT2D eigenvalue weighted by Crippen LogP contribution is -2.35. The molecule has 1 unspecified atom stereocenters. The number of fused-ring (bicyclic) bond motifs is 1. The number of aromatic nitrogens is 1. The summed E-state index contributed by atoms with van der Waals surface area (Å²) in [4.78, 5) is 19.4. The zero-order chi connectivity index (χ0) is 23.6. The van der Waals surface area contributed by atoms with Crippen molar-refractivity contribution in [1.29, 1.82) is 0 Å². The van der Waals surface area contributed by atoms with Crippen LogP contribution in [-0.4, -0.2) is 36.1 Å². The zero-order valence-corrected chi connectivity index (χ0v) is 19.9. The van der Waals surface area contributed by atoms with Gasteiger partial charge in [-0.15, -0.1) is 0 Å². The summed E-state index contributed by atoms with van der Waals surface area (Å²) in [6.07, 6.45) is -3.46. The number of hydrogen-bond donors (Lipinski definition) is 0. The maximum absolute atomic E-state index is 12.9. The lowest BCUT2D eigenvalue weighted by atomic mass is 10.00. The Morgan fingerprint density at radius 2 is 1.94 bits per heavy atom. The van der Waals surface area contributed by atoms with E-state index in [1.807, 2.05) is 6.92 Å². The Labute approximate surface area is 197 Å². The molecular weight excluding hydrogens is 469 g/mol. The summed E-state index contributed by atoms with van der Waals surface area (Å²) in [7, 11) is 1.12. The van der Waals surface area contributed by atoms with Gasteiger partial charge in [0, 0.05) is 28.5 Å². The summed E-state index contributed by atoms with van der Waals surface area (Å²) < 4.78 is 43.4. The number of nitrogens with zero attached hydrogens (tertiary/aromatic N) is 2. The molecule has 33 heavy (non-hydrogen) atoms. The number of carbonyl (C=O) groups excluding carboxylic acids is 1. The maximum Gasteiger partial charge on any atom is 0.416 e. The van der Waals surface area contributed by atoms with E-state index in [1.54, 1.807) is 11.8 Å². The molecule has 0 bridgehead atoms. The second-order valence-corrected chi connectivity index (χ2v) is 11.1. The van der Waals surface area contributed by atoms with Gasteiger partial charge in [-0.2, -0.15) is 18.2 Å². The van der Waals surface area contributed by atoms with E-state index in [0.29, 0.717) is 6.54 Å². The fraction of sp³-hybridized carbons (Fsp3) is 0.333. The molecule has 0 saturated carbocycles. The van der Waals surface area contributed by atoms with Gasteiger partial charge in [-0.05, 0) is 60.9 Å². The standard InChI is InChI=1S/C24H24F3N2O2S2/c1-16-14-33(23(28-16)17-3-6-20(7-4-17)24(25,26)27)15-32-21-8-5-19-12-29(13-22(30)31-2)10-9-18(19)11-21/h3-8,11,14H,9-10,12-13,15H2,1-2H3/q+1. The fourth-order valence-electron chi connectivity index (χ4n) is 3.81. The number of carbonyl (C=O) groups is 1. The molecule has 0 N–H and O–H groups in total. The molecule has 1 aliphatic rings. The molecule has 1 aliphatic heterocycles. The van der Waals surface area contributed by atoms with Crippen LogP contribution in [0.4, 0.5) is 13.2 Å². The predicted octanol–water partition coefficient (Wildman–Crippen LogP) is 6.11. The molecule has 4 nitrogen and oxygen atoms in total. The highest BCUT2D eigenvalue weighted by atomic mass is 32.2. The number of hydrogen-bond acceptors (Lipinski definition) is 5. The summed E-state index contributed by atoms with van der Waals surface area (Å²) in [5.41, 5.74) is 3.49. The highest BCUT2D eigenvalue weighted by Crippen LogP contribution is 2.41. The second kappa shape index (κ2) is 9.87. The van der Waals surface area contributed by atoms with E-state index in [1.165, 1.54) is 30.4 Å². The van der Waals surface area contributed by atoms with Crippen molar-refractivity contribution >= 4 is 28.2 Å². The summed E-state index contributed by atoms with van der Waals surface area (Å²) in [5, 5.41) is 3.72. The van der Waals surface area contributed by atoms with E-state index in [4.69, 9.17) is 4.74 Å². The van der Waals surface area contributed by atoms with Crippen LogP contribution in [0.5, 0.6) is 0 Å². The van der Waals surface area contributed by atoms with Crippen molar-refractivity contribution in [1.82, 2.24) is 9.88 Å². The normalized spacial score (nSPS) is 14.8. The van der Waals surface area contributed by atoms with E-state index >= 15 is 0 Å². The Balaban J connectivity index is 1.45. The molecule has 174 valence electrons. The Morgan fingerprint density at radius 1 is 1.18 bits per heavy atom. The Morgan fingerprint density at radius 3 is 2.64 bits per heavy atom. The molecule has 0 fully saturated rings. The minimum Gasteiger partial charge on any atom is -0.468 e. The molecule has 2 heterocycles. The van der Waals surface area contributed by atoms with E-state index in [2.05, 4.69) is 33.5 Å². The molecule has 4 rings (SSSR count).